The molecule has 2 atom stereocenters. The maximum absolute atomic E-state index is 12.3. The summed E-state index contributed by atoms with van der Waals surface area (Å²) in [7, 11) is 1.59. The lowest BCUT2D eigenvalue weighted by Gasteiger charge is -2.35. The van der Waals surface area contributed by atoms with Crippen LogP contribution in [0.5, 0.6) is 5.75 Å². The van der Waals surface area contributed by atoms with E-state index in [0.29, 0.717) is 49.7 Å². The first-order chi connectivity index (χ1) is 13.1. The first-order valence-corrected chi connectivity index (χ1v) is 9.15. The van der Waals surface area contributed by atoms with E-state index in [0.717, 1.165) is 5.56 Å². The minimum atomic E-state index is -0.660. The van der Waals surface area contributed by atoms with Crippen LogP contribution in [0.2, 0.25) is 0 Å². The molecule has 1 aliphatic heterocycles. The molecule has 146 valence electrons. The van der Waals surface area contributed by atoms with Gasteiger partial charge in [0.15, 0.2) is 0 Å². The molecule has 2 N–H and O–H groups in total. The monoisotopic (exact) mass is 375 g/mol. The van der Waals surface area contributed by atoms with Crippen LogP contribution in [0.25, 0.3) is 11.4 Å². The molecule has 0 saturated carbocycles. The average Bonchev–Trinajstić information content (AvgIpc) is 3.16. The topological polar surface area (TPSA) is 109 Å². The fourth-order valence-corrected chi connectivity index (χ4v) is 3.26. The van der Waals surface area contributed by atoms with Crippen molar-refractivity contribution in [3.8, 4) is 17.1 Å². The van der Waals surface area contributed by atoms with E-state index >= 15 is 0 Å². The quantitative estimate of drug-likeness (QED) is 0.750. The summed E-state index contributed by atoms with van der Waals surface area (Å²) in [6.07, 6.45) is 1.40. The van der Waals surface area contributed by atoms with E-state index in [4.69, 9.17) is 9.26 Å². The third kappa shape index (κ3) is 4.64. The number of ether oxygens (including phenoxy) is 1. The van der Waals surface area contributed by atoms with Crippen LogP contribution in [0, 0.1) is 5.92 Å². The van der Waals surface area contributed by atoms with Crippen molar-refractivity contribution in [1.82, 2.24) is 15.0 Å². The van der Waals surface area contributed by atoms with Crippen LogP contribution in [0.15, 0.2) is 28.8 Å². The second-order valence-corrected chi connectivity index (χ2v) is 6.70. The molecule has 3 rings (SSSR count). The number of aromatic nitrogens is 2. The predicted molar refractivity (Wildman–Crippen MR) is 97.0 cm³/mol. The van der Waals surface area contributed by atoms with Crippen molar-refractivity contribution in [2.75, 3.05) is 26.8 Å². The first kappa shape index (κ1) is 19.3. The molecule has 1 aromatic carbocycles. The number of piperidine rings is 1. The molecule has 27 heavy (non-hydrogen) atoms. The molecule has 1 aliphatic rings. The third-order valence-electron chi connectivity index (χ3n) is 4.91. The zero-order valence-electron chi connectivity index (χ0n) is 15.4. The van der Waals surface area contributed by atoms with Crippen LogP contribution in [-0.2, 0) is 11.2 Å². The van der Waals surface area contributed by atoms with Gasteiger partial charge in [0.05, 0.1) is 18.8 Å². The number of methoxy groups -OCH3 is 1. The summed E-state index contributed by atoms with van der Waals surface area (Å²) in [5.74, 6) is 1.46. The maximum atomic E-state index is 12.3. The van der Waals surface area contributed by atoms with Gasteiger partial charge in [0.1, 0.15) is 5.75 Å². The van der Waals surface area contributed by atoms with Crippen molar-refractivity contribution in [3.05, 3.63) is 30.2 Å². The van der Waals surface area contributed by atoms with E-state index in [9.17, 15) is 15.0 Å². The number of hydrogen-bond acceptors (Lipinski definition) is 7. The number of carbonyl (C=O) groups is 1. The Morgan fingerprint density at radius 1 is 1.41 bits per heavy atom. The Morgan fingerprint density at radius 3 is 2.96 bits per heavy atom. The van der Waals surface area contributed by atoms with Crippen LogP contribution < -0.4 is 4.74 Å². The standard InChI is InChI=1S/C19H25N3O5/c1-26-16-6-3-2-5-14(16)19-20-17(27-21-19)7-4-8-18(25)22-10-9-13(12-23)15(24)11-22/h2-3,5-6,13,15,23-24H,4,7-12H2,1H3/t13-,15-/m1/s1. The molecule has 1 amide bonds. The lowest BCUT2D eigenvalue weighted by Crippen LogP contribution is -2.47. The number of likely N-dealkylation sites (tertiary alicyclic amines) is 1. The number of β-amino-alcohol motifs (C(OH)–C–C–N with tert-alkyl or cyclic N) is 1. The van der Waals surface area contributed by atoms with Crippen molar-refractivity contribution < 1.29 is 24.3 Å². The molecule has 1 fully saturated rings. The van der Waals surface area contributed by atoms with Gasteiger partial charge < -0.3 is 24.4 Å². The molecular formula is C19H25N3O5. The molecule has 1 aromatic heterocycles. The molecule has 8 nitrogen and oxygen atoms in total. The van der Waals surface area contributed by atoms with Gasteiger partial charge in [-0.2, -0.15) is 4.98 Å². The van der Waals surface area contributed by atoms with Gasteiger partial charge in [-0.25, -0.2) is 0 Å². The van der Waals surface area contributed by atoms with Crippen LogP contribution in [0.3, 0.4) is 0 Å². The number of aliphatic hydroxyl groups is 2. The van der Waals surface area contributed by atoms with Crippen molar-refractivity contribution in [2.24, 2.45) is 5.92 Å². The Bertz CT molecular complexity index is 763. The normalized spacial score (nSPS) is 19.9. The maximum Gasteiger partial charge on any atom is 0.226 e. The van der Waals surface area contributed by atoms with Crippen LogP contribution >= 0.6 is 0 Å². The average molecular weight is 375 g/mol. The highest BCUT2D eigenvalue weighted by Crippen LogP contribution is 2.27. The molecule has 0 spiro atoms. The van der Waals surface area contributed by atoms with E-state index in [1.54, 1.807) is 12.0 Å². The number of aryl methyl sites for hydroxylation is 1. The van der Waals surface area contributed by atoms with Gasteiger partial charge in [0.2, 0.25) is 17.6 Å². The Hall–Kier alpha value is -2.45. The van der Waals surface area contributed by atoms with Gasteiger partial charge in [0.25, 0.3) is 0 Å². The Kier molecular flexibility index (Phi) is 6.41. The molecule has 0 radical (unpaired) electrons. The second kappa shape index (κ2) is 8.96. The van der Waals surface area contributed by atoms with Crippen molar-refractivity contribution in [3.63, 3.8) is 0 Å². The van der Waals surface area contributed by atoms with Gasteiger partial charge >= 0.3 is 0 Å². The highest BCUT2D eigenvalue weighted by atomic mass is 16.5. The molecule has 0 unspecified atom stereocenters. The fourth-order valence-electron chi connectivity index (χ4n) is 3.26. The number of nitrogens with zero attached hydrogens (tertiary/aromatic N) is 3. The summed E-state index contributed by atoms with van der Waals surface area (Å²) < 4.78 is 10.6. The molecule has 2 heterocycles. The van der Waals surface area contributed by atoms with E-state index in [-0.39, 0.29) is 25.0 Å². The lowest BCUT2D eigenvalue weighted by atomic mass is 9.94. The third-order valence-corrected chi connectivity index (χ3v) is 4.91. The summed E-state index contributed by atoms with van der Waals surface area (Å²) in [6.45, 7) is 0.803. The number of para-hydroxylation sites is 1. The highest BCUT2D eigenvalue weighted by molar-refractivity contribution is 5.76. The SMILES string of the molecule is COc1ccccc1-c1noc(CCCC(=O)N2CC[C@H](CO)[C@H](O)C2)n1. The Morgan fingerprint density at radius 2 is 2.22 bits per heavy atom. The van der Waals surface area contributed by atoms with Crippen LogP contribution in [-0.4, -0.2) is 64.1 Å². The van der Waals surface area contributed by atoms with E-state index in [1.807, 2.05) is 24.3 Å². The first-order valence-electron chi connectivity index (χ1n) is 9.15. The highest BCUT2D eigenvalue weighted by Gasteiger charge is 2.29. The molecule has 0 bridgehead atoms. The van der Waals surface area contributed by atoms with Crippen LogP contribution in [0.4, 0.5) is 0 Å². The van der Waals surface area contributed by atoms with Gasteiger partial charge in [-0.05, 0) is 25.0 Å². The largest absolute Gasteiger partial charge is 0.496 e. The Balaban J connectivity index is 1.50. The minimum Gasteiger partial charge on any atom is -0.496 e. The number of benzene rings is 1. The van der Waals surface area contributed by atoms with Gasteiger partial charge in [-0.15, -0.1) is 0 Å². The lowest BCUT2D eigenvalue weighted by molar-refractivity contribution is -0.136. The van der Waals surface area contributed by atoms with Crippen LogP contribution in [0.1, 0.15) is 25.2 Å². The minimum absolute atomic E-state index is 0.00472. The number of carbonyl (C=O) groups excluding carboxylic acids is 1. The predicted octanol–water partition coefficient (Wildman–Crippen LogP) is 1.27. The van der Waals surface area contributed by atoms with Gasteiger partial charge in [0, 0.05) is 38.5 Å². The number of aliphatic hydroxyl groups excluding tert-OH is 2. The molecule has 2 aromatic rings. The molecule has 0 aliphatic carbocycles. The summed E-state index contributed by atoms with van der Waals surface area (Å²) in [4.78, 5) is 18.3. The van der Waals surface area contributed by atoms with E-state index < -0.39 is 6.10 Å². The number of hydrogen-bond donors (Lipinski definition) is 2. The summed E-state index contributed by atoms with van der Waals surface area (Å²) >= 11 is 0. The van der Waals surface area contributed by atoms with Gasteiger partial charge in [-0.3, -0.25) is 4.79 Å². The molecule has 1 saturated heterocycles. The zero-order chi connectivity index (χ0) is 19.2. The second-order valence-electron chi connectivity index (χ2n) is 6.70. The molecular weight excluding hydrogens is 350 g/mol. The van der Waals surface area contributed by atoms with E-state index in [2.05, 4.69) is 10.1 Å². The van der Waals surface area contributed by atoms with Crippen molar-refractivity contribution in [2.45, 2.75) is 31.8 Å². The van der Waals surface area contributed by atoms with Crippen molar-refractivity contribution >= 4 is 5.91 Å². The van der Waals surface area contributed by atoms with Crippen molar-refractivity contribution in [1.29, 1.82) is 0 Å². The van der Waals surface area contributed by atoms with Gasteiger partial charge in [-0.1, -0.05) is 17.3 Å². The summed E-state index contributed by atoms with van der Waals surface area (Å²) in [6, 6.07) is 7.44. The van der Waals surface area contributed by atoms with E-state index in [1.165, 1.54) is 0 Å². The Labute approximate surface area is 157 Å². The fraction of sp³-hybridized carbons (Fsp3) is 0.526. The molecule has 8 heteroatoms. The summed E-state index contributed by atoms with van der Waals surface area (Å²) in [5.41, 5.74) is 0.756. The number of rotatable bonds is 7. The summed E-state index contributed by atoms with van der Waals surface area (Å²) in [5, 5.41) is 23.1. The zero-order valence-corrected chi connectivity index (χ0v) is 15.4. The smallest absolute Gasteiger partial charge is 0.226 e. The number of amides is 1.